The van der Waals surface area contributed by atoms with Crippen molar-refractivity contribution in [2.45, 2.75) is 52.0 Å². The fourth-order valence-electron chi connectivity index (χ4n) is 2.38. The van der Waals surface area contributed by atoms with E-state index < -0.39 is 0 Å². The van der Waals surface area contributed by atoms with Crippen molar-refractivity contribution in [2.75, 3.05) is 20.8 Å². The Labute approximate surface area is 137 Å². The van der Waals surface area contributed by atoms with Gasteiger partial charge in [-0.3, -0.25) is 0 Å². The van der Waals surface area contributed by atoms with Crippen LogP contribution in [0, 0.1) is 0 Å². The van der Waals surface area contributed by atoms with Crippen LogP contribution in [0.2, 0.25) is 0 Å². The molecule has 3 nitrogen and oxygen atoms in total. The van der Waals surface area contributed by atoms with E-state index in [0.717, 1.165) is 34.6 Å². The lowest BCUT2D eigenvalue weighted by molar-refractivity contribution is 0.350. The molecule has 21 heavy (non-hydrogen) atoms. The third-order valence-electron chi connectivity index (χ3n) is 3.60. The third-order valence-corrected chi connectivity index (χ3v) is 4.34. The van der Waals surface area contributed by atoms with Gasteiger partial charge in [0.25, 0.3) is 0 Å². The Morgan fingerprint density at radius 1 is 1.00 bits per heavy atom. The van der Waals surface area contributed by atoms with Gasteiger partial charge in [0, 0.05) is 16.6 Å². The molecule has 0 heterocycles. The largest absolute Gasteiger partial charge is 0.493 e. The van der Waals surface area contributed by atoms with E-state index in [2.05, 4.69) is 28.2 Å². The first kappa shape index (κ1) is 18.3. The Bertz CT molecular complexity index is 410. The summed E-state index contributed by atoms with van der Waals surface area (Å²) in [4.78, 5) is 0. The minimum atomic E-state index is 0.775. The smallest absolute Gasteiger partial charge is 0.166 e. The molecule has 0 saturated heterocycles. The fraction of sp³-hybridized carbons (Fsp3) is 0.647. The van der Waals surface area contributed by atoms with Crippen LogP contribution < -0.4 is 14.8 Å². The zero-order valence-electron chi connectivity index (χ0n) is 13.5. The van der Waals surface area contributed by atoms with Crippen molar-refractivity contribution in [3.63, 3.8) is 0 Å². The van der Waals surface area contributed by atoms with Crippen LogP contribution in [0.4, 0.5) is 0 Å². The van der Waals surface area contributed by atoms with Gasteiger partial charge in [-0.1, -0.05) is 55.0 Å². The predicted octanol–water partition coefficient (Wildman–Crippen LogP) is 4.92. The average Bonchev–Trinajstić information content (AvgIpc) is 2.50. The topological polar surface area (TPSA) is 30.5 Å². The van der Waals surface area contributed by atoms with Crippen LogP contribution in [0.25, 0.3) is 0 Å². The molecule has 1 rings (SSSR count). The van der Waals surface area contributed by atoms with Crippen molar-refractivity contribution < 1.29 is 9.47 Å². The highest BCUT2D eigenvalue weighted by molar-refractivity contribution is 9.10. The first-order valence-electron chi connectivity index (χ1n) is 7.84. The van der Waals surface area contributed by atoms with Crippen molar-refractivity contribution in [3.8, 4) is 11.5 Å². The maximum Gasteiger partial charge on any atom is 0.166 e. The lowest BCUT2D eigenvalue weighted by atomic mass is 10.1. The number of methoxy groups -OCH3 is 2. The molecule has 0 radical (unpaired) electrons. The SMILES string of the molecule is CCCCCCCCNCc1c(Br)ccc(OC)c1OC. The second-order valence-electron chi connectivity index (χ2n) is 5.21. The lowest BCUT2D eigenvalue weighted by Gasteiger charge is -2.15. The van der Waals surface area contributed by atoms with Crippen molar-refractivity contribution >= 4 is 15.9 Å². The molecule has 4 heteroatoms. The minimum Gasteiger partial charge on any atom is -0.493 e. The van der Waals surface area contributed by atoms with Crippen molar-refractivity contribution in [1.82, 2.24) is 5.32 Å². The van der Waals surface area contributed by atoms with Crippen LogP contribution in [0.3, 0.4) is 0 Å². The summed E-state index contributed by atoms with van der Waals surface area (Å²) in [6.07, 6.45) is 7.92. The van der Waals surface area contributed by atoms with Gasteiger partial charge in [-0.25, -0.2) is 0 Å². The van der Waals surface area contributed by atoms with Crippen molar-refractivity contribution in [2.24, 2.45) is 0 Å². The molecule has 0 unspecified atom stereocenters. The molecule has 0 bridgehead atoms. The normalized spacial score (nSPS) is 10.7. The lowest BCUT2D eigenvalue weighted by Crippen LogP contribution is -2.16. The van der Waals surface area contributed by atoms with Gasteiger partial charge < -0.3 is 14.8 Å². The van der Waals surface area contributed by atoms with Gasteiger partial charge in [0.15, 0.2) is 11.5 Å². The van der Waals surface area contributed by atoms with Gasteiger partial charge in [-0.2, -0.15) is 0 Å². The third kappa shape index (κ3) is 6.27. The van der Waals surface area contributed by atoms with E-state index in [0.29, 0.717) is 0 Å². The molecule has 0 fully saturated rings. The number of benzene rings is 1. The number of hydrogen-bond acceptors (Lipinski definition) is 3. The van der Waals surface area contributed by atoms with E-state index in [9.17, 15) is 0 Å². The Balaban J connectivity index is 2.38. The molecule has 1 aromatic rings. The van der Waals surface area contributed by atoms with Gasteiger partial charge in [-0.15, -0.1) is 0 Å². The number of unbranched alkanes of at least 4 members (excludes halogenated alkanes) is 5. The summed E-state index contributed by atoms with van der Waals surface area (Å²) in [7, 11) is 3.35. The first-order chi connectivity index (χ1) is 10.2. The molecular formula is C17H28BrNO2. The van der Waals surface area contributed by atoms with Crippen molar-refractivity contribution in [3.05, 3.63) is 22.2 Å². The Morgan fingerprint density at radius 3 is 2.38 bits per heavy atom. The summed E-state index contributed by atoms with van der Waals surface area (Å²) in [5.74, 6) is 1.58. The van der Waals surface area contributed by atoms with E-state index in [1.807, 2.05) is 12.1 Å². The molecule has 0 aliphatic heterocycles. The van der Waals surface area contributed by atoms with Gasteiger partial charge in [0.05, 0.1) is 14.2 Å². The highest BCUT2D eigenvalue weighted by Crippen LogP contribution is 2.35. The standard InChI is InChI=1S/C17H28BrNO2/c1-4-5-6-7-8-9-12-19-13-14-15(18)10-11-16(20-2)17(14)21-3/h10-11,19H,4-9,12-13H2,1-3H3. The highest BCUT2D eigenvalue weighted by atomic mass is 79.9. The minimum absolute atomic E-state index is 0.775. The molecule has 0 spiro atoms. The zero-order chi connectivity index (χ0) is 15.5. The van der Waals surface area contributed by atoms with Crippen LogP contribution in [-0.4, -0.2) is 20.8 Å². The molecule has 0 amide bonds. The molecule has 120 valence electrons. The number of halogens is 1. The summed E-state index contributed by atoms with van der Waals surface area (Å²) in [6.45, 7) is 4.08. The molecule has 0 aliphatic carbocycles. The van der Waals surface area contributed by atoms with E-state index in [1.54, 1.807) is 14.2 Å². The van der Waals surface area contributed by atoms with Crippen molar-refractivity contribution in [1.29, 1.82) is 0 Å². The maximum absolute atomic E-state index is 5.48. The van der Waals surface area contributed by atoms with E-state index >= 15 is 0 Å². The average molecular weight is 358 g/mol. The Morgan fingerprint density at radius 2 is 1.71 bits per heavy atom. The van der Waals surface area contributed by atoms with Gasteiger partial charge >= 0.3 is 0 Å². The number of nitrogens with one attached hydrogen (secondary N) is 1. The molecule has 0 aromatic heterocycles. The maximum atomic E-state index is 5.48. The molecule has 0 aliphatic rings. The fourth-order valence-corrected chi connectivity index (χ4v) is 2.83. The van der Waals surface area contributed by atoms with E-state index in [4.69, 9.17) is 9.47 Å². The van der Waals surface area contributed by atoms with E-state index in [-0.39, 0.29) is 0 Å². The molecular weight excluding hydrogens is 330 g/mol. The summed E-state index contributed by atoms with van der Waals surface area (Å²) in [5, 5.41) is 3.49. The molecule has 0 saturated carbocycles. The zero-order valence-corrected chi connectivity index (χ0v) is 15.1. The predicted molar refractivity (Wildman–Crippen MR) is 92.3 cm³/mol. The molecule has 0 atom stereocenters. The summed E-state index contributed by atoms with van der Waals surface area (Å²) >= 11 is 3.59. The monoisotopic (exact) mass is 357 g/mol. The second-order valence-corrected chi connectivity index (χ2v) is 6.06. The first-order valence-corrected chi connectivity index (χ1v) is 8.64. The van der Waals surface area contributed by atoms with Crippen LogP contribution in [0.1, 0.15) is 51.0 Å². The highest BCUT2D eigenvalue weighted by Gasteiger charge is 2.12. The van der Waals surface area contributed by atoms with Gasteiger partial charge in [0.2, 0.25) is 0 Å². The van der Waals surface area contributed by atoms with Crippen LogP contribution in [0.15, 0.2) is 16.6 Å². The van der Waals surface area contributed by atoms with Gasteiger partial charge in [0.1, 0.15) is 0 Å². The number of rotatable bonds is 11. The Kier molecular flexibility index (Phi) is 9.51. The van der Waals surface area contributed by atoms with Crippen LogP contribution in [-0.2, 0) is 6.54 Å². The summed E-state index contributed by atoms with van der Waals surface area (Å²) in [5.41, 5.74) is 1.11. The quantitative estimate of drug-likeness (QED) is 0.570. The number of ether oxygens (including phenoxy) is 2. The summed E-state index contributed by atoms with van der Waals surface area (Å²) in [6, 6.07) is 3.92. The molecule has 1 N–H and O–H groups in total. The van der Waals surface area contributed by atoms with Gasteiger partial charge in [-0.05, 0) is 25.1 Å². The van der Waals surface area contributed by atoms with Crippen LogP contribution in [0.5, 0.6) is 11.5 Å². The molecule has 1 aromatic carbocycles. The van der Waals surface area contributed by atoms with E-state index in [1.165, 1.54) is 38.5 Å². The second kappa shape index (κ2) is 10.9. The number of hydrogen-bond donors (Lipinski definition) is 1. The van der Waals surface area contributed by atoms with Crippen LogP contribution >= 0.6 is 15.9 Å². The Hall–Kier alpha value is -0.740. The summed E-state index contributed by atoms with van der Waals surface area (Å²) < 4.78 is 11.9.